The molecule has 416 valence electrons. The van der Waals surface area contributed by atoms with E-state index >= 15 is 0 Å². The van der Waals surface area contributed by atoms with Gasteiger partial charge in [-0.05, 0) is 37.0 Å². The summed E-state index contributed by atoms with van der Waals surface area (Å²) in [4.78, 5) is 38.3. The fourth-order valence-electron chi connectivity index (χ4n) is 9.88. The summed E-state index contributed by atoms with van der Waals surface area (Å²) in [5.74, 6) is 1.69. The van der Waals surface area contributed by atoms with Gasteiger partial charge in [0.15, 0.2) is 6.10 Å². The Labute approximate surface area is 438 Å². The lowest BCUT2D eigenvalue weighted by molar-refractivity contribution is -0.167. The minimum atomic E-state index is -0.764. The van der Waals surface area contributed by atoms with Crippen LogP contribution in [0.1, 0.15) is 356 Å². The summed E-state index contributed by atoms with van der Waals surface area (Å²) in [7, 11) is 0. The predicted octanol–water partition coefficient (Wildman–Crippen LogP) is 21.1. The van der Waals surface area contributed by atoms with Gasteiger partial charge in [0.25, 0.3) is 0 Å². The molecule has 0 rings (SSSR count). The van der Waals surface area contributed by atoms with Gasteiger partial charge < -0.3 is 14.2 Å². The average Bonchev–Trinajstić information content (AvgIpc) is 3.32. The fraction of sp³-hybridized carbons (Fsp3) is 0.953. The Morgan fingerprint density at radius 2 is 0.414 bits per heavy atom. The highest BCUT2D eigenvalue weighted by Crippen LogP contribution is 2.19. The number of esters is 3. The Bertz CT molecular complexity index is 1090. The summed E-state index contributed by atoms with van der Waals surface area (Å²) in [6, 6.07) is 0. The van der Waals surface area contributed by atoms with Crippen LogP contribution < -0.4 is 0 Å². The van der Waals surface area contributed by atoms with Crippen molar-refractivity contribution in [1.82, 2.24) is 0 Å². The van der Waals surface area contributed by atoms with E-state index in [-0.39, 0.29) is 31.1 Å². The molecule has 6 heteroatoms. The van der Waals surface area contributed by atoms with Gasteiger partial charge in [-0.15, -0.1) is 0 Å². The number of carbonyl (C=O) groups excluding carboxylic acids is 3. The number of rotatable bonds is 57. The maximum atomic E-state index is 12.9. The van der Waals surface area contributed by atoms with Gasteiger partial charge in [-0.25, -0.2) is 0 Å². The van der Waals surface area contributed by atoms with Gasteiger partial charge in [0.1, 0.15) is 13.2 Å². The number of ether oxygens (including phenoxy) is 3. The lowest BCUT2D eigenvalue weighted by Gasteiger charge is -2.18. The topological polar surface area (TPSA) is 78.9 Å². The lowest BCUT2D eigenvalue weighted by Crippen LogP contribution is -2.30. The zero-order valence-corrected chi connectivity index (χ0v) is 48.3. The summed E-state index contributed by atoms with van der Waals surface area (Å²) in [6.45, 7) is 13.8. The lowest BCUT2D eigenvalue weighted by atomic mass is 10.0. The quantitative estimate of drug-likeness (QED) is 0.0343. The van der Waals surface area contributed by atoms with Crippen LogP contribution in [0, 0.1) is 17.8 Å². The zero-order valence-electron chi connectivity index (χ0n) is 48.3. The Hall–Kier alpha value is -1.59. The van der Waals surface area contributed by atoms with E-state index in [0.717, 1.165) is 75.5 Å². The van der Waals surface area contributed by atoms with Crippen molar-refractivity contribution in [3.05, 3.63) is 0 Å². The molecule has 0 N–H and O–H groups in total. The van der Waals surface area contributed by atoms with Crippen LogP contribution in [0.25, 0.3) is 0 Å². The molecule has 0 saturated heterocycles. The Morgan fingerprint density at radius 3 is 0.614 bits per heavy atom. The predicted molar refractivity (Wildman–Crippen MR) is 303 cm³/mol. The summed E-state index contributed by atoms with van der Waals surface area (Å²) >= 11 is 0. The maximum absolute atomic E-state index is 12.9. The molecule has 0 aliphatic heterocycles. The molecule has 0 amide bonds. The number of carbonyl (C=O) groups is 3. The first-order chi connectivity index (χ1) is 34.1. The first-order valence-corrected chi connectivity index (χ1v) is 31.6. The fourth-order valence-corrected chi connectivity index (χ4v) is 9.88. The zero-order chi connectivity index (χ0) is 51.2. The van der Waals surface area contributed by atoms with Crippen LogP contribution in [-0.2, 0) is 28.6 Å². The van der Waals surface area contributed by atoms with E-state index in [4.69, 9.17) is 14.2 Å². The molecule has 6 nitrogen and oxygen atoms in total. The van der Waals surface area contributed by atoms with E-state index in [2.05, 4.69) is 41.5 Å². The minimum Gasteiger partial charge on any atom is -0.462 e. The van der Waals surface area contributed by atoms with E-state index in [0.29, 0.717) is 19.3 Å². The van der Waals surface area contributed by atoms with Crippen LogP contribution in [0.2, 0.25) is 0 Å². The third kappa shape index (κ3) is 57.3. The van der Waals surface area contributed by atoms with Gasteiger partial charge in [-0.1, -0.05) is 318 Å². The molecular formula is C64H124O6. The molecule has 70 heavy (non-hydrogen) atoms. The summed E-state index contributed by atoms with van der Waals surface area (Å²) in [5, 5.41) is 0. The van der Waals surface area contributed by atoms with E-state index in [1.165, 1.54) is 238 Å². The normalized spacial score (nSPS) is 12.1. The van der Waals surface area contributed by atoms with E-state index in [1.807, 2.05) is 0 Å². The van der Waals surface area contributed by atoms with Crippen molar-refractivity contribution in [2.75, 3.05) is 13.2 Å². The summed E-state index contributed by atoms with van der Waals surface area (Å²) in [5.41, 5.74) is 0. The van der Waals surface area contributed by atoms with Crippen LogP contribution in [0.3, 0.4) is 0 Å². The smallest absolute Gasteiger partial charge is 0.306 e. The molecule has 0 fully saturated rings. The molecule has 0 aliphatic rings. The molecule has 0 aromatic rings. The van der Waals surface area contributed by atoms with Gasteiger partial charge >= 0.3 is 17.9 Å². The van der Waals surface area contributed by atoms with Crippen LogP contribution in [0.15, 0.2) is 0 Å². The average molecular weight is 990 g/mol. The number of hydrogen-bond donors (Lipinski definition) is 0. The maximum Gasteiger partial charge on any atom is 0.306 e. The highest BCUT2D eigenvalue weighted by Gasteiger charge is 2.19. The number of unbranched alkanes of at least 4 members (excludes halogenated alkanes) is 40. The Morgan fingerprint density at radius 1 is 0.243 bits per heavy atom. The van der Waals surface area contributed by atoms with Gasteiger partial charge in [-0.2, -0.15) is 0 Å². The molecule has 0 radical (unpaired) electrons. The van der Waals surface area contributed by atoms with Crippen molar-refractivity contribution in [3.63, 3.8) is 0 Å². The van der Waals surface area contributed by atoms with Crippen molar-refractivity contribution in [2.45, 2.75) is 362 Å². The molecule has 0 heterocycles. The summed E-state index contributed by atoms with van der Waals surface area (Å²) < 4.78 is 16.9. The largest absolute Gasteiger partial charge is 0.462 e. The molecule has 1 atom stereocenters. The monoisotopic (exact) mass is 989 g/mol. The van der Waals surface area contributed by atoms with Gasteiger partial charge in [-0.3, -0.25) is 14.4 Å². The number of hydrogen-bond acceptors (Lipinski definition) is 6. The van der Waals surface area contributed by atoms with Crippen LogP contribution in [-0.4, -0.2) is 37.2 Å². The van der Waals surface area contributed by atoms with E-state index in [1.54, 1.807) is 0 Å². The van der Waals surface area contributed by atoms with Crippen LogP contribution in [0.5, 0.6) is 0 Å². The molecule has 0 spiro atoms. The molecular weight excluding hydrogens is 865 g/mol. The Balaban J connectivity index is 4.27. The van der Waals surface area contributed by atoms with Crippen molar-refractivity contribution in [1.29, 1.82) is 0 Å². The molecule has 0 aromatic carbocycles. The Kier molecular flexibility index (Phi) is 53.9. The third-order valence-electron chi connectivity index (χ3n) is 14.6. The second kappa shape index (κ2) is 55.2. The van der Waals surface area contributed by atoms with Crippen molar-refractivity contribution >= 4 is 17.9 Å². The van der Waals surface area contributed by atoms with Gasteiger partial charge in [0.2, 0.25) is 0 Å². The van der Waals surface area contributed by atoms with Crippen LogP contribution in [0.4, 0.5) is 0 Å². The standard InChI is InChI=1S/C64H124O6/c1-58(2)50-44-38-32-26-20-15-11-9-7-8-10-12-18-24-31-37-43-49-55-64(67)70-61(57-69-63(66)54-48-42-36-30-25-19-22-28-34-40-46-52-60(5)6)56-68-62(65)53-47-41-35-29-23-17-14-13-16-21-27-33-39-45-51-59(3)4/h58-61H,7-57H2,1-6H3/t61-/m1/s1. The van der Waals surface area contributed by atoms with E-state index < -0.39 is 6.10 Å². The molecule has 0 aliphatic carbocycles. The second-order valence-corrected chi connectivity index (χ2v) is 23.5. The third-order valence-corrected chi connectivity index (χ3v) is 14.6. The first-order valence-electron chi connectivity index (χ1n) is 31.6. The van der Waals surface area contributed by atoms with Crippen LogP contribution >= 0.6 is 0 Å². The SMILES string of the molecule is CC(C)CCCCCCCCCCCCCCCCCCCCC(=O)O[C@H](COC(=O)CCCCCCCCCCCCCCCCC(C)C)COC(=O)CCCCCCCCCCCCCC(C)C. The highest BCUT2D eigenvalue weighted by molar-refractivity contribution is 5.71. The molecule has 0 bridgehead atoms. The summed E-state index contributed by atoms with van der Waals surface area (Å²) in [6.07, 6.45) is 59.6. The molecule has 0 unspecified atom stereocenters. The van der Waals surface area contributed by atoms with Gasteiger partial charge in [0.05, 0.1) is 0 Å². The molecule has 0 aromatic heterocycles. The van der Waals surface area contributed by atoms with Gasteiger partial charge in [0, 0.05) is 19.3 Å². The van der Waals surface area contributed by atoms with Crippen molar-refractivity contribution in [2.24, 2.45) is 17.8 Å². The van der Waals surface area contributed by atoms with Crippen molar-refractivity contribution in [3.8, 4) is 0 Å². The second-order valence-electron chi connectivity index (χ2n) is 23.5. The highest BCUT2D eigenvalue weighted by atomic mass is 16.6. The van der Waals surface area contributed by atoms with Crippen molar-refractivity contribution < 1.29 is 28.6 Å². The first kappa shape index (κ1) is 68.4. The van der Waals surface area contributed by atoms with E-state index in [9.17, 15) is 14.4 Å². The molecule has 0 saturated carbocycles. The minimum absolute atomic E-state index is 0.0628.